The summed E-state index contributed by atoms with van der Waals surface area (Å²) in [5.41, 5.74) is 0.350. The van der Waals surface area contributed by atoms with E-state index in [-0.39, 0.29) is 6.61 Å². The summed E-state index contributed by atoms with van der Waals surface area (Å²) in [5.74, 6) is 2.47. The van der Waals surface area contributed by atoms with E-state index in [4.69, 9.17) is 32.7 Å². The van der Waals surface area contributed by atoms with Crippen molar-refractivity contribution < 1.29 is 14.6 Å². The van der Waals surface area contributed by atoms with Crippen molar-refractivity contribution in [3.8, 4) is 11.5 Å². The summed E-state index contributed by atoms with van der Waals surface area (Å²) in [4.78, 5) is 6.58. The Bertz CT molecular complexity index is 1060. The third-order valence-corrected chi connectivity index (χ3v) is 6.75. The maximum atomic E-state index is 10.9. The summed E-state index contributed by atoms with van der Waals surface area (Å²) in [6.45, 7) is 6.00. The van der Waals surface area contributed by atoms with Gasteiger partial charge in [-0.3, -0.25) is 4.90 Å². The lowest BCUT2D eigenvalue weighted by Gasteiger charge is -2.38. The Labute approximate surface area is 204 Å². The minimum Gasteiger partial charge on any atom is -0.492 e. The van der Waals surface area contributed by atoms with Crippen molar-refractivity contribution in [2.75, 3.05) is 26.3 Å². The second kappa shape index (κ2) is 10.8. The van der Waals surface area contributed by atoms with Gasteiger partial charge in [0.05, 0.1) is 16.6 Å². The Morgan fingerprint density at radius 3 is 2.55 bits per heavy atom. The maximum Gasteiger partial charge on any atom is 0.121 e. The lowest BCUT2D eigenvalue weighted by atomic mass is 9.92. The first-order valence-electron chi connectivity index (χ1n) is 11.1. The zero-order valence-electron chi connectivity index (χ0n) is 18.7. The molecule has 1 N–H and O–H groups in total. The maximum absolute atomic E-state index is 10.9. The van der Waals surface area contributed by atoms with Gasteiger partial charge < -0.3 is 19.1 Å². The fourth-order valence-electron chi connectivity index (χ4n) is 3.95. The van der Waals surface area contributed by atoms with Crippen LogP contribution in [0, 0.1) is 6.92 Å². The Morgan fingerprint density at radius 1 is 1.03 bits per heavy atom. The Balaban J connectivity index is 1.23. The van der Waals surface area contributed by atoms with E-state index >= 15 is 0 Å². The smallest absolute Gasteiger partial charge is 0.121 e. The summed E-state index contributed by atoms with van der Waals surface area (Å²) >= 11 is 12.0. The third-order valence-electron chi connectivity index (χ3n) is 6.01. The Morgan fingerprint density at radius 2 is 1.82 bits per heavy atom. The number of nitrogens with zero attached hydrogens (tertiary/aromatic N) is 3. The van der Waals surface area contributed by atoms with Crippen LogP contribution in [-0.4, -0.2) is 51.5 Å². The number of ether oxygens (including phenoxy) is 2. The number of rotatable bonds is 9. The van der Waals surface area contributed by atoms with Gasteiger partial charge in [0, 0.05) is 38.1 Å². The molecule has 0 unspecified atom stereocenters. The minimum absolute atomic E-state index is 0.235. The number of benzene rings is 2. The highest BCUT2D eigenvalue weighted by Gasteiger charge is 2.33. The predicted molar refractivity (Wildman–Crippen MR) is 130 cm³/mol. The van der Waals surface area contributed by atoms with Gasteiger partial charge in [-0.25, -0.2) is 4.98 Å². The van der Waals surface area contributed by atoms with Crippen molar-refractivity contribution >= 4 is 23.2 Å². The molecule has 0 amide bonds. The van der Waals surface area contributed by atoms with Gasteiger partial charge in [0.15, 0.2) is 0 Å². The van der Waals surface area contributed by atoms with E-state index in [0.717, 1.165) is 37.8 Å². The fraction of sp³-hybridized carbons (Fsp3) is 0.400. The quantitative estimate of drug-likeness (QED) is 0.459. The van der Waals surface area contributed by atoms with Gasteiger partial charge in [-0.15, -0.1) is 0 Å². The number of likely N-dealkylation sites (tertiary alicyclic amines) is 1. The normalized spacial score (nSPS) is 16.0. The van der Waals surface area contributed by atoms with Crippen molar-refractivity contribution in [1.29, 1.82) is 0 Å². The van der Waals surface area contributed by atoms with Gasteiger partial charge in [-0.05, 0) is 49.6 Å². The molecule has 33 heavy (non-hydrogen) atoms. The lowest BCUT2D eigenvalue weighted by Crippen LogP contribution is -2.47. The number of aromatic nitrogens is 2. The first-order chi connectivity index (χ1) is 15.9. The molecule has 8 heteroatoms. The molecule has 1 aromatic heterocycles. The monoisotopic (exact) mass is 489 g/mol. The molecule has 1 saturated heterocycles. The molecule has 0 atom stereocenters. The molecule has 4 rings (SSSR count). The molecular weight excluding hydrogens is 461 g/mol. The average Bonchev–Trinajstić information content (AvgIpc) is 3.21. The van der Waals surface area contributed by atoms with Crippen molar-refractivity contribution in [2.24, 2.45) is 0 Å². The van der Waals surface area contributed by atoms with E-state index in [9.17, 15) is 5.11 Å². The lowest BCUT2D eigenvalue weighted by molar-refractivity contribution is -0.0537. The Kier molecular flexibility index (Phi) is 7.81. The molecule has 0 bridgehead atoms. The Hall–Kier alpha value is -2.25. The fourth-order valence-corrected chi connectivity index (χ4v) is 4.24. The molecule has 0 saturated carbocycles. The predicted octanol–water partition coefficient (Wildman–Crippen LogP) is 4.98. The van der Waals surface area contributed by atoms with Gasteiger partial charge >= 0.3 is 0 Å². The molecule has 2 heterocycles. The molecule has 1 aliphatic rings. The second-order valence-corrected chi connectivity index (χ2v) is 9.34. The number of aryl methyl sites for hydroxylation is 1. The summed E-state index contributed by atoms with van der Waals surface area (Å²) in [7, 11) is 0. The van der Waals surface area contributed by atoms with Crippen LogP contribution >= 0.6 is 23.2 Å². The van der Waals surface area contributed by atoms with Crippen LogP contribution in [0.5, 0.6) is 11.5 Å². The van der Waals surface area contributed by atoms with E-state index < -0.39 is 5.60 Å². The molecule has 176 valence electrons. The van der Waals surface area contributed by atoms with E-state index in [1.54, 1.807) is 24.4 Å². The zero-order chi connectivity index (χ0) is 23.3. The van der Waals surface area contributed by atoms with Crippen LogP contribution in [-0.2, 0) is 13.1 Å². The molecule has 2 aromatic carbocycles. The topological polar surface area (TPSA) is 59.8 Å². The molecule has 0 aliphatic carbocycles. The average molecular weight is 490 g/mol. The molecular formula is C25H29Cl2N3O3. The number of aliphatic hydroxyl groups is 1. The second-order valence-electron chi connectivity index (χ2n) is 8.53. The number of hydrogen-bond acceptors (Lipinski definition) is 5. The molecule has 1 fully saturated rings. The molecule has 3 aromatic rings. The number of imidazole rings is 1. The SMILES string of the molecule is Cc1nccn1CCOc1cccc(CN2CCC(O)(COc3ccc(Cl)c(Cl)c3)CC2)c1. The highest BCUT2D eigenvalue weighted by atomic mass is 35.5. The number of piperidine rings is 1. The van der Waals surface area contributed by atoms with Gasteiger partial charge in [-0.1, -0.05) is 35.3 Å². The highest BCUT2D eigenvalue weighted by molar-refractivity contribution is 6.42. The molecule has 0 radical (unpaired) electrons. The van der Waals surface area contributed by atoms with Crippen molar-refractivity contribution in [3.05, 3.63) is 76.3 Å². The van der Waals surface area contributed by atoms with Gasteiger partial charge in [0.1, 0.15) is 36.1 Å². The number of halogens is 2. The van der Waals surface area contributed by atoms with E-state index in [1.165, 1.54) is 5.56 Å². The highest BCUT2D eigenvalue weighted by Crippen LogP contribution is 2.29. The summed E-state index contributed by atoms with van der Waals surface area (Å²) in [6.07, 6.45) is 5.06. The summed E-state index contributed by atoms with van der Waals surface area (Å²) in [5, 5.41) is 11.9. The van der Waals surface area contributed by atoms with Crippen LogP contribution in [0.1, 0.15) is 24.2 Å². The van der Waals surface area contributed by atoms with Crippen molar-refractivity contribution in [2.45, 2.75) is 38.5 Å². The molecule has 6 nitrogen and oxygen atoms in total. The van der Waals surface area contributed by atoms with Gasteiger partial charge in [-0.2, -0.15) is 0 Å². The van der Waals surface area contributed by atoms with Crippen LogP contribution in [0.15, 0.2) is 54.9 Å². The molecule has 0 spiro atoms. The zero-order valence-corrected chi connectivity index (χ0v) is 20.2. The van der Waals surface area contributed by atoms with Crippen LogP contribution in [0.3, 0.4) is 0 Å². The van der Waals surface area contributed by atoms with Crippen LogP contribution < -0.4 is 9.47 Å². The van der Waals surface area contributed by atoms with E-state index in [2.05, 4.69) is 26.6 Å². The van der Waals surface area contributed by atoms with E-state index in [0.29, 0.717) is 35.2 Å². The van der Waals surface area contributed by atoms with Gasteiger partial charge in [0.2, 0.25) is 0 Å². The van der Waals surface area contributed by atoms with E-state index in [1.807, 2.05) is 25.3 Å². The van der Waals surface area contributed by atoms with Crippen molar-refractivity contribution in [3.63, 3.8) is 0 Å². The van der Waals surface area contributed by atoms with Crippen LogP contribution in [0.25, 0.3) is 0 Å². The van der Waals surface area contributed by atoms with Crippen molar-refractivity contribution in [1.82, 2.24) is 14.5 Å². The standard InChI is InChI=1S/C25H29Cl2N3O3/c1-19-28-9-12-30(19)13-14-32-21-4-2-3-20(15-21)17-29-10-7-25(31,8-11-29)18-33-22-5-6-23(26)24(27)16-22/h2-6,9,12,15-16,31H,7-8,10-11,13-14,17-18H2,1H3. The molecule has 1 aliphatic heterocycles. The summed E-state index contributed by atoms with van der Waals surface area (Å²) in [6, 6.07) is 13.4. The van der Waals surface area contributed by atoms with Gasteiger partial charge in [0.25, 0.3) is 0 Å². The first-order valence-corrected chi connectivity index (χ1v) is 11.9. The number of hydrogen-bond donors (Lipinski definition) is 1. The summed E-state index contributed by atoms with van der Waals surface area (Å²) < 4.78 is 13.8. The minimum atomic E-state index is -0.848. The van der Waals surface area contributed by atoms with Crippen LogP contribution in [0.4, 0.5) is 0 Å². The third kappa shape index (κ3) is 6.64. The first kappa shape index (κ1) is 23.9. The van der Waals surface area contributed by atoms with Crippen LogP contribution in [0.2, 0.25) is 10.0 Å². The largest absolute Gasteiger partial charge is 0.492 e.